The topological polar surface area (TPSA) is 81.0 Å². The average Bonchev–Trinajstić information content (AvgIpc) is 3.52. The molecule has 186 valence electrons. The lowest BCUT2D eigenvalue weighted by molar-refractivity contribution is 0.112. The van der Waals surface area contributed by atoms with Gasteiger partial charge in [-0.1, -0.05) is 29.8 Å². The number of carbonyl (C=O) groups is 1. The Hall–Kier alpha value is -3.14. The molecule has 1 saturated heterocycles. The Morgan fingerprint density at radius 2 is 1.89 bits per heavy atom. The van der Waals surface area contributed by atoms with E-state index in [2.05, 4.69) is 38.3 Å². The molecule has 0 radical (unpaired) electrons. The number of rotatable bonds is 4. The SMILES string of the molecule is CN1CCC(Nc2cc(-c3ccccc3Cl)nc3c(Br)cnn23)CC1.O=Cc1ccc2c(c1)OCO2. The molecule has 8 nitrogen and oxygen atoms in total. The molecule has 4 aromatic rings. The Morgan fingerprint density at radius 1 is 1.11 bits per heavy atom. The van der Waals surface area contributed by atoms with E-state index in [0.29, 0.717) is 28.1 Å². The number of ether oxygens (including phenoxy) is 2. The first-order valence-electron chi connectivity index (χ1n) is 11.6. The largest absolute Gasteiger partial charge is 0.454 e. The van der Waals surface area contributed by atoms with Crippen LogP contribution in [0, 0.1) is 0 Å². The van der Waals surface area contributed by atoms with Gasteiger partial charge >= 0.3 is 0 Å². The first-order valence-corrected chi connectivity index (χ1v) is 12.8. The average molecular weight is 571 g/mol. The van der Waals surface area contributed by atoms with Crippen LogP contribution in [0.25, 0.3) is 16.9 Å². The Balaban J connectivity index is 0.000000202. The van der Waals surface area contributed by atoms with Gasteiger partial charge in [-0.3, -0.25) is 4.79 Å². The third-order valence-electron chi connectivity index (χ3n) is 6.18. The van der Waals surface area contributed by atoms with Gasteiger partial charge in [-0.15, -0.1) is 0 Å². The molecule has 0 aliphatic carbocycles. The molecule has 36 heavy (non-hydrogen) atoms. The van der Waals surface area contributed by atoms with E-state index in [-0.39, 0.29) is 6.79 Å². The van der Waals surface area contributed by atoms with Gasteiger partial charge in [0.15, 0.2) is 17.1 Å². The van der Waals surface area contributed by atoms with Gasteiger partial charge in [-0.25, -0.2) is 4.98 Å². The number of hydrogen-bond acceptors (Lipinski definition) is 7. The zero-order valence-corrected chi connectivity index (χ0v) is 22.0. The van der Waals surface area contributed by atoms with Gasteiger partial charge in [0, 0.05) is 28.3 Å². The Bertz CT molecular complexity index is 1390. The fraction of sp³-hybridized carbons (Fsp3) is 0.269. The van der Waals surface area contributed by atoms with Gasteiger partial charge in [0.1, 0.15) is 12.1 Å². The second kappa shape index (κ2) is 10.9. The van der Waals surface area contributed by atoms with E-state index in [9.17, 15) is 4.79 Å². The fourth-order valence-corrected chi connectivity index (χ4v) is 4.78. The minimum atomic E-state index is 0.248. The van der Waals surface area contributed by atoms with Crippen LogP contribution >= 0.6 is 27.5 Å². The van der Waals surface area contributed by atoms with Crippen molar-refractivity contribution in [3.05, 3.63) is 69.8 Å². The molecule has 0 saturated carbocycles. The standard InChI is InChI=1S/C18H19BrClN5.C8H6O3/c1-24-8-6-12(7-9-24)22-17-10-16(13-4-2-3-5-15(13)20)23-18-14(19)11-21-25(17)18;9-4-6-1-2-7-8(3-6)11-5-10-7/h2-5,10-12,22H,6-9H2,1H3;1-4H,5H2. The molecule has 1 N–H and O–H groups in total. The van der Waals surface area contributed by atoms with E-state index >= 15 is 0 Å². The maximum atomic E-state index is 10.3. The highest BCUT2D eigenvalue weighted by Crippen LogP contribution is 2.32. The number of carbonyl (C=O) groups excluding carboxylic acids is 1. The number of halogens is 2. The van der Waals surface area contributed by atoms with Crippen molar-refractivity contribution < 1.29 is 14.3 Å². The van der Waals surface area contributed by atoms with Crippen molar-refractivity contribution in [2.45, 2.75) is 18.9 Å². The maximum absolute atomic E-state index is 10.3. The molecule has 2 aliphatic rings. The first kappa shape index (κ1) is 24.5. The molecule has 0 spiro atoms. The lowest BCUT2D eigenvalue weighted by atomic mass is 10.1. The monoisotopic (exact) mass is 569 g/mol. The van der Waals surface area contributed by atoms with Gasteiger partial charge < -0.3 is 19.7 Å². The van der Waals surface area contributed by atoms with Gasteiger partial charge in [0.2, 0.25) is 6.79 Å². The van der Waals surface area contributed by atoms with E-state index in [1.54, 1.807) is 24.4 Å². The molecule has 0 unspecified atom stereocenters. The summed E-state index contributed by atoms with van der Waals surface area (Å²) in [5.74, 6) is 2.30. The second-order valence-corrected chi connectivity index (χ2v) is 9.95. The number of benzene rings is 2. The van der Waals surface area contributed by atoms with Crippen LogP contribution in [-0.2, 0) is 0 Å². The van der Waals surface area contributed by atoms with Crippen molar-refractivity contribution in [3.8, 4) is 22.8 Å². The van der Waals surface area contributed by atoms with Crippen molar-refractivity contribution in [1.29, 1.82) is 0 Å². The molecule has 0 amide bonds. The third-order valence-corrected chi connectivity index (χ3v) is 7.07. The highest BCUT2D eigenvalue weighted by molar-refractivity contribution is 9.10. The van der Waals surface area contributed by atoms with Crippen molar-refractivity contribution in [2.75, 3.05) is 32.2 Å². The molecule has 0 atom stereocenters. The number of fused-ring (bicyclic) bond motifs is 2. The van der Waals surface area contributed by atoms with Crippen LogP contribution in [0.5, 0.6) is 11.5 Å². The van der Waals surface area contributed by atoms with Gasteiger partial charge in [0.25, 0.3) is 0 Å². The van der Waals surface area contributed by atoms with Crippen LogP contribution in [0.2, 0.25) is 5.02 Å². The molecule has 2 aromatic carbocycles. The molecule has 0 bridgehead atoms. The molecular weight excluding hydrogens is 546 g/mol. The van der Waals surface area contributed by atoms with Crippen molar-refractivity contribution >= 4 is 45.3 Å². The van der Waals surface area contributed by atoms with Crippen molar-refractivity contribution in [3.63, 3.8) is 0 Å². The number of likely N-dealkylation sites (tertiary alicyclic amines) is 1. The Kier molecular flexibility index (Phi) is 7.41. The number of anilines is 1. The highest BCUT2D eigenvalue weighted by atomic mass is 79.9. The quantitative estimate of drug-likeness (QED) is 0.322. The maximum Gasteiger partial charge on any atom is 0.231 e. The summed E-state index contributed by atoms with van der Waals surface area (Å²) in [4.78, 5) is 17.4. The normalized spacial score (nSPS) is 15.4. The first-order chi connectivity index (χ1) is 17.5. The lowest BCUT2D eigenvalue weighted by Crippen LogP contribution is -2.37. The number of aromatic nitrogens is 3. The van der Waals surface area contributed by atoms with Crippen LogP contribution in [-0.4, -0.2) is 58.8 Å². The van der Waals surface area contributed by atoms with Gasteiger partial charge in [-0.2, -0.15) is 9.61 Å². The zero-order valence-electron chi connectivity index (χ0n) is 19.7. The summed E-state index contributed by atoms with van der Waals surface area (Å²) < 4.78 is 12.8. The molecule has 2 aliphatic heterocycles. The number of nitrogens with one attached hydrogen (secondary N) is 1. The van der Waals surface area contributed by atoms with Crippen LogP contribution < -0.4 is 14.8 Å². The Labute approximate surface area is 222 Å². The molecule has 1 fully saturated rings. The van der Waals surface area contributed by atoms with E-state index in [1.807, 2.05) is 34.8 Å². The summed E-state index contributed by atoms with van der Waals surface area (Å²) in [5, 5.41) is 8.81. The highest BCUT2D eigenvalue weighted by Gasteiger charge is 2.19. The fourth-order valence-electron chi connectivity index (χ4n) is 4.19. The number of nitrogens with zero attached hydrogens (tertiary/aromatic N) is 4. The minimum absolute atomic E-state index is 0.248. The van der Waals surface area contributed by atoms with E-state index < -0.39 is 0 Å². The number of piperidine rings is 1. The zero-order chi connectivity index (χ0) is 25.1. The predicted octanol–water partition coefficient (Wildman–Crippen LogP) is 5.55. The Morgan fingerprint density at radius 3 is 2.67 bits per heavy atom. The molecule has 6 rings (SSSR count). The summed E-state index contributed by atoms with van der Waals surface area (Å²) in [5.41, 5.74) is 3.16. The summed E-state index contributed by atoms with van der Waals surface area (Å²) in [6.45, 7) is 2.45. The van der Waals surface area contributed by atoms with Gasteiger partial charge in [-0.05, 0) is 73.2 Å². The molecule has 4 heterocycles. The van der Waals surface area contributed by atoms with E-state index in [1.165, 1.54) is 0 Å². The van der Waals surface area contributed by atoms with Crippen LogP contribution in [0.1, 0.15) is 23.2 Å². The van der Waals surface area contributed by atoms with Crippen LogP contribution in [0.3, 0.4) is 0 Å². The van der Waals surface area contributed by atoms with Crippen LogP contribution in [0.4, 0.5) is 5.82 Å². The summed E-state index contributed by atoms with van der Waals surface area (Å²) in [6.07, 6.45) is 4.79. The van der Waals surface area contributed by atoms with E-state index in [0.717, 1.165) is 59.4 Å². The smallest absolute Gasteiger partial charge is 0.231 e. The number of aldehydes is 1. The van der Waals surface area contributed by atoms with Gasteiger partial charge in [0.05, 0.1) is 16.4 Å². The summed E-state index contributed by atoms with van der Waals surface area (Å²) >= 11 is 9.93. The van der Waals surface area contributed by atoms with Crippen molar-refractivity contribution in [2.24, 2.45) is 0 Å². The lowest BCUT2D eigenvalue weighted by Gasteiger charge is -2.30. The summed E-state index contributed by atoms with van der Waals surface area (Å²) in [7, 11) is 2.17. The summed E-state index contributed by atoms with van der Waals surface area (Å²) in [6, 6.07) is 15.3. The minimum Gasteiger partial charge on any atom is -0.454 e. The number of hydrogen-bond donors (Lipinski definition) is 1. The van der Waals surface area contributed by atoms with Crippen molar-refractivity contribution in [1.82, 2.24) is 19.5 Å². The van der Waals surface area contributed by atoms with Crippen LogP contribution in [0.15, 0.2) is 59.2 Å². The predicted molar refractivity (Wildman–Crippen MR) is 143 cm³/mol. The second-order valence-electron chi connectivity index (χ2n) is 8.69. The molecular formula is C26H25BrClN5O3. The van der Waals surface area contributed by atoms with E-state index in [4.69, 9.17) is 26.1 Å². The molecule has 2 aromatic heterocycles. The third kappa shape index (κ3) is 5.33. The molecule has 10 heteroatoms.